The van der Waals surface area contributed by atoms with Crippen LogP contribution in [0.1, 0.15) is 65.7 Å². The number of nitrogens with two attached hydrogens (primary N) is 1. The van der Waals surface area contributed by atoms with E-state index in [9.17, 15) is 4.79 Å². The average molecular weight is 240 g/mol. The van der Waals surface area contributed by atoms with Crippen LogP contribution >= 0.6 is 0 Å². The molecule has 0 saturated heterocycles. The number of carbonyl (C=O) groups is 1. The Labute approximate surface area is 106 Å². The van der Waals surface area contributed by atoms with Crippen molar-refractivity contribution in [3.8, 4) is 0 Å². The third-order valence-corrected chi connectivity index (χ3v) is 4.02. The summed E-state index contributed by atoms with van der Waals surface area (Å²) in [5.41, 5.74) is 5.60. The zero-order valence-electron chi connectivity index (χ0n) is 11.6. The summed E-state index contributed by atoms with van der Waals surface area (Å²) in [6, 6.07) is 0. The van der Waals surface area contributed by atoms with Gasteiger partial charge in [0.05, 0.1) is 5.54 Å². The van der Waals surface area contributed by atoms with E-state index >= 15 is 0 Å². The molecule has 0 radical (unpaired) electrons. The third-order valence-electron chi connectivity index (χ3n) is 4.02. The van der Waals surface area contributed by atoms with Crippen LogP contribution in [0.3, 0.4) is 0 Å². The van der Waals surface area contributed by atoms with Crippen LogP contribution in [0.5, 0.6) is 0 Å². The highest BCUT2D eigenvalue weighted by Crippen LogP contribution is 2.35. The van der Waals surface area contributed by atoms with Crippen LogP contribution in [-0.4, -0.2) is 18.0 Å². The molecule has 0 aromatic rings. The molecule has 0 aromatic carbocycles. The van der Waals surface area contributed by atoms with Gasteiger partial charge in [0.1, 0.15) is 0 Å². The van der Waals surface area contributed by atoms with Crippen LogP contribution in [0, 0.1) is 5.41 Å². The molecule has 3 N–H and O–H groups in total. The summed E-state index contributed by atoms with van der Waals surface area (Å²) in [5.74, 6) is 0.00569. The molecule has 1 atom stereocenters. The number of rotatable bonds is 5. The average Bonchev–Trinajstić information content (AvgIpc) is 2.27. The van der Waals surface area contributed by atoms with E-state index in [4.69, 9.17) is 5.73 Å². The maximum atomic E-state index is 12.0. The lowest BCUT2D eigenvalue weighted by atomic mass is 9.75. The first-order chi connectivity index (χ1) is 7.90. The molecule has 1 amide bonds. The molecule has 1 saturated carbocycles. The Bertz CT molecular complexity index is 255. The monoisotopic (exact) mass is 240 g/mol. The minimum atomic E-state index is -0.709. The fraction of sp³-hybridized carbons (Fsp3) is 0.929. The smallest absolute Gasteiger partial charge is 0.239 e. The molecule has 100 valence electrons. The Morgan fingerprint density at radius 1 is 1.35 bits per heavy atom. The van der Waals surface area contributed by atoms with Gasteiger partial charge < -0.3 is 11.1 Å². The second-order valence-corrected chi connectivity index (χ2v) is 6.22. The van der Waals surface area contributed by atoms with Crippen molar-refractivity contribution < 1.29 is 4.79 Å². The molecule has 0 spiro atoms. The zero-order chi connectivity index (χ0) is 12.9. The van der Waals surface area contributed by atoms with Crippen molar-refractivity contribution in [3.63, 3.8) is 0 Å². The van der Waals surface area contributed by atoms with Gasteiger partial charge >= 0.3 is 0 Å². The van der Waals surface area contributed by atoms with Crippen LogP contribution in [0.15, 0.2) is 0 Å². The molecule has 1 aliphatic carbocycles. The second kappa shape index (κ2) is 5.85. The van der Waals surface area contributed by atoms with E-state index < -0.39 is 5.54 Å². The number of carbonyl (C=O) groups excluding carboxylic acids is 1. The maximum absolute atomic E-state index is 12.0. The van der Waals surface area contributed by atoms with Gasteiger partial charge in [-0.3, -0.25) is 4.79 Å². The molecule has 3 nitrogen and oxygen atoms in total. The van der Waals surface area contributed by atoms with Crippen LogP contribution in [0.4, 0.5) is 0 Å². The van der Waals surface area contributed by atoms with Gasteiger partial charge in [0.2, 0.25) is 5.91 Å². The van der Waals surface area contributed by atoms with Gasteiger partial charge in [-0.05, 0) is 31.6 Å². The molecule has 3 heteroatoms. The number of hydrogen-bond donors (Lipinski definition) is 2. The minimum absolute atomic E-state index is 0.00569. The Hall–Kier alpha value is -0.570. The van der Waals surface area contributed by atoms with Crippen molar-refractivity contribution in [2.24, 2.45) is 11.1 Å². The predicted octanol–water partition coefficient (Wildman–Crippen LogP) is 2.59. The summed E-state index contributed by atoms with van der Waals surface area (Å²) in [6.45, 7) is 6.94. The second-order valence-electron chi connectivity index (χ2n) is 6.22. The summed E-state index contributed by atoms with van der Waals surface area (Å²) in [5, 5.41) is 3.05. The van der Waals surface area contributed by atoms with Gasteiger partial charge in [-0.25, -0.2) is 0 Å². The lowest BCUT2D eigenvalue weighted by Crippen LogP contribution is -2.53. The first-order valence-electron chi connectivity index (χ1n) is 6.97. The molecule has 0 heterocycles. The van der Waals surface area contributed by atoms with Gasteiger partial charge in [0.15, 0.2) is 0 Å². The van der Waals surface area contributed by atoms with Crippen LogP contribution in [-0.2, 0) is 4.79 Å². The predicted molar refractivity (Wildman–Crippen MR) is 71.7 cm³/mol. The van der Waals surface area contributed by atoms with Gasteiger partial charge in [-0.1, -0.05) is 39.5 Å². The summed E-state index contributed by atoms with van der Waals surface area (Å²) in [7, 11) is 0. The van der Waals surface area contributed by atoms with Crippen molar-refractivity contribution in [1.82, 2.24) is 5.32 Å². The topological polar surface area (TPSA) is 55.1 Å². The van der Waals surface area contributed by atoms with E-state index in [2.05, 4.69) is 19.2 Å². The first kappa shape index (κ1) is 14.5. The van der Waals surface area contributed by atoms with Crippen LogP contribution in [0.25, 0.3) is 0 Å². The molecule has 0 aliphatic heterocycles. The van der Waals surface area contributed by atoms with E-state index in [0.717, 1.165) is 19.4 Å². The molecular weight excluding hydrogens is 212 g/mol. The molecular formula is C14H28N2O. The fourth-order valence-electron chi connectivity index (χ4n) is 2.71. The van der Waals surface area contributed by atoms with Crippen molar-refractivity contribution >= 4 is 5.91 Å². The van der Waals surface area contributed by atoms with E-state index in [1.165, 1.54) is 32.1 Å². The Morgan fingerprint density at radius 2 is 1.94 bits per heavy atom. The maximum Gasteiger partial charge on any atom is 0.239 e. The van der Waals surface area contributed by atoms with Gasteiger partial charge in [-0.15, -0.1) is 0 Å². The standard InChI is InChI=1S/C14H28N2O/c1-4-8-14(3,15)12(17)16-11-13(2)9-6-5-7-10-13/h4-11,15H2,1-3H3,(H,16,17). The summed E-state index contributed by atoms with van der Waals surface area (Å²) in [4.78, 5) is 12.0. The highest BCUT2D eigenvalue weighted by Gasteiger charge is 2.31. The van der Waals surface area contributed by atoms with Gasteiger partial charge in [0.25, 0.3) is 0 Å². The van der Waals surface area contributed by atoms with Crippen LogP contribution < -0.4 is 11.1 Å². The van der Waals surface area contributed by atoms with E-state index in [1.54, 1.807) is 0 Å². The summed E-state index contributed by atoms with van der Waals surface area (Å²) >= 11 is 0. The molecule has 1 aliphatic rings. The lowest BCUT2D eigenvalue weighted by Gasteiger charge is -2.35. The first-order valence-corrected chi connectivity index (χ1v) is 6.97. The van der Waals surface area contributed by atoms with Crippen molar-refractivity contribution in [2.75, 3.05) is 6.54 Å². The molecule has 0 aromatic heterocycles. The van der Waals surface area contributed by atoms with Gasteiger partial charge in [-0.2, -0.15) is 0 Å². The number of amides is 1. The normalized spacial score (nSPS) is 22.8. The number of nitrogens with one attached hydrogen (secondary N) is 1. The zero-order valence-corrected chi connectivity index (χ0v) is 11.6. The fourth-order valence-corrected chi connectivity index (χ4v) is 2.71. The molecule has 0 bridgehead atoms. The summed E-state index contributed by atoms with van der Waals surface area (Å²) in [6.07, 6.45) is 8.06. The minimum Gasteiger partial charge on any atom is -0.354 e. The van der Waals surface area contributed by atoms with Crippen molar-refractivity contribution in [3.05, 3.63) is 0 Å². The lowest BCUT2D eigenvalue weighted by molar-refractivity contribution is -0.126. The van der Waals surface area contributed by atoms with Gasteiger partial charge in [0, 0.05) is 6.54 Å². The Balaban J connectivity index is 2.41. The van der Waals surface area contributed by atoms with E-state index in [0.29, 0.717) is 0 Å². The highest BCUT2D eigenvalue weighted by atomic mass is 16.2. The molecule has 1 unspecified atom stereocenters. The molecule has 17 heavy (non-hydrogen) atoms. The van der Waals surface area contributed by atoms with E-state index in [-0.39, 0.29) is 11.3 Å². The molecule has 1 fully saturated rings. The third kappa shape index (κ3) is 4.30. The van der Waals surface area contributed by atoms with Crippen molar-refractivity contribution in [1.29, 1.82) is 0 Å². The quantitative estimate of drug-likeness (QED) is 0.776. The number of hydrogen-bond acceptors (Lipinski definition) is 2. The van der Waals surface area contributed by atoms with Crippen molar-refractivity contribution in [2.45, 2.75) is 71.3 Å². The highest BCUT2D eigenvalue weighted by molar-refractivity contribution is 5.85. The van der Waals surface area contributed by atoms with E-state index in [1.807, 2.05) is 6.92 Å². The largest absolute Gasteiger partial charge is 0.354 e. The SMILES string of the molecule is CCCC(C)(N)C(=O)NCC1(C)CCCCC1. The van der Waals surface area contributed by atoms with Crippen LogP contribution in [0.2, 0.25) is 0 Å². The molecule has 1 rings (SSSR count). The Morgan fingerprint density at radius 3 is 2.47 bits per heavy atom. The summed E-state index contributed by atoms with van der Waals surface area (Å²) < 4.78 is 0. The Kier molecular flexibility index (Phi) is 4.99.